The van der Waals surface area contributed by atoms with Crippen LogP contribution >= 0.6 is 27.5 Å². The van der Waals surface area contributed by atoms with Crippen molar-refractivity contribution >= 4 is 39.3 Å². The number of halogens is 2. The number of ether oxygens (including phenoxy) is 1. The van der Waals surface area contributed by atoms with Gasteiger partial charge in [-0.25, -0.2) is 4.79 Å². The lowest BCUT2D eigenvalue weighted by Crippen LogP contribution is -2.26. The van der Waals surface area contributed by atoms with Crippen molar-refractivity contribution in [3.05, 3.63) is 63.6 Å². The Kier molecular flexibility index (Phi) is 6.01. The van der Waals surface area contributed by atoms with Crippen molar-refractivity contribution in [3.63, 3.8) is 0 Å². The molecule has 5 nitrogen and oxygen atoms in total. The molecule has 0 saturated carbocycles. The van der Waals surface area contributed by atoms with Crippen LogP contribution in [0.1, 0.15) is 12.5 Å². The van der Waals surface area contributed by atoms with E-state index in [1.807, 2.05) is 12.1 Å². The number of rotatable bonds is 5. The molecule has 0 aliphatic carbocycles. The van der Waals surface area contributed by atoms with Gasteiger partial charge in [0.15, 0.2) is 11.9 Å². The number of oxime groups is 1. The van der Waals surface area contributed by atoms with E-state index in [0.29, 0.717) is 16.3 Å². The smallest absolute Gasteiger partial charge is 0.374 e. The van der Waals surface area contributed by atoms with Gasteiger partial charge in [0.25, 0.3) is 0 Å². The van der Waals surface area contributed by atoms with Crippen LogP contribution in [-0.2, 0) is 9.63 Å². The summed E-state index contributed by atoms with van der Waals surface area (Å²) in [5.74, 6) is -0.0250. The Morgan fingerprint density at radius 1 is 1.17 bits per heavy atom. The Morgan fingerprint density at radius 2 is 1.78 bits per heavy atom. The summed E-state index contributed by atoms with van der Waals surface area (Å²) < 4.78 is 6.38. The minimum absolute atomic E-state index is 0.0749. The number of carbonyl (C=O) groups is 1. The highest BCUT2D eigenvalue weighted by atomic mass is 79.9. The Balaban J connectivity index is 1.93. The lowest BCUT2D eigenvalue weighted by Gasteiger charge is -2.11. The largest absolute Gasteiger partial charge is 0.479 e. The molecular formula is C16H14BrClN2O3. The van der Waals surface area contributed by atoms with Crippen molar-refractivity contribution < 1.29 is 14.4 Å². The van der Waals surface area contributed by atoms with Gasteiger partial charge in [-0.1, -0.05) is 32.7 Å². The maximum Gasteiger partial charge on any atom is 0.374 e. The minimum Gasteiger partial charge on any atom is -0.479 e. The van der Waals surface area contributed by atoms with Gasteiger partial charge in [-0.15, -0.1) is 0 Å². The van der Waals surface area contributed by atoms with E-state index < -0.39 is 12.1 Å². The van der Waals surface area contributed by atoms with Crippen molar-refractivity contribution in [2.45, 2.75) is 13.0 Å². The van der Waals surface area contributed by atoms with Crippen LogP contribution in [0, 0.1) is 0 Å². The Labute approximate surface area is 147 Å². The molecule has 0 fully saturated rings. The number of carbonyl (C=O) groups excluding carboxylic acids is 1. The lowest BCUT2D eigenvalue weighted by atomic mass is 10.2. The van der Waals surface area contributed by atoms with E-state index >= 15 is 0 Å². The zero-order chi connectivity index (χ0) is 16.8. The van der Waals surface area contributed by atoms with Crippen molar-refractivity contribution in [2.24, 2.45) is 10.9 Å². The molecule has 1 atom stereocenters. The molecule has 0 spiro atoms. The molecule has 2 aromatic rings. The van der Waals surface area contributed by atoms with E-state index in [9.17, 15) is 4.79 Å². The second-order valence-corrected chi connectivity index (χ2v) is 5.96. The highest BCUT2D eigenvalue weighted by Crippen LogP contribution is 2.17. The van der Waals surface area contributed by atoms with Gasteiger partial charge in [-0.3, -0.25) is 0 Å². The lowest BCUT2D eigenvalue weighted by molar-refractivity contribution is -0.151. The van der Waals surface area contributed by atoms with Crippen molar-refractivity contribution in [3.8, 4) is 5.75 Å². The van der Waals surface area contributed by atoms with E-state index in [1.54, 1.807) is 43.3 Å². The van der Waals surface area contributed by atoms with Crippen LogP contribution in [0.5, 0.6) is 5.75 Å². The van der Waals surface area contributed by atoms with Crippen LogP contribution in [0.3, 0.4) is 0 Å². The fourth-order valence-electron chi connectivity index (χ4n) is 1.61. The third kappa shape index (κ3) is 5.26. The molecule has 0 unspecified atom stereocenters. The molecule has 0 aromatic heterocycles. The first-order chi connectivity index (χ1) is 11.0. The zero-order valence-electron chi connectivity index (χ0n) is 12.2. The Bertz CT molecular complexity index is 702. The van der Waals surface area contributed by atoms with E-state index in [0.717, 1.165) is 4.47 Å². The highest BCUT2D eigenvalue weighted by Gasteiger charge is 2.17. The average Bonchev–Trinajstić information content (AvgIpc) is 2.55. The van der Waals surface area contributed by atoms with E-state index in [2.05, 4.69) is 21.1 Å². The summed E-state index contributed by atoms with van der Waals surface area (Å²) in [7, 11) is 0. The standard InChI is InChI=1S/C16H14BrClN2O3/c1-10(22-14-8-4-12(17)5-9-14)16(21)23-20-15(19)11-2-6-13(18)7-3-11/h2-10H,1H3,(H2,19,20)/t10-/m1/s1. The van der Waals surface area contributed by atoms with Gasteiger partial charge in [0.05, 0.1) is 0 Å². The van der Waals surface area contributed by atoms with Crippen LogP contribution < -0.4 is 10.5 Å². The minimum atomic E-state index is -0.821. The molecule has 0 radical (unpaired) electrons. The van der Waals surface area contributed by atoms with Gasteiger partial charge in [0, 0.05) is 15.1 Å². The molecular weight excluding hydrogens is 384 g/mol. The first kappa shape index (κ1) is 17.3. The third-order valence-corrected chi connectivity index (χ3v) is 3.61. The van der Waals surface area contributed by atoms with Crippen LogP contribution in [0.4, 0.5) is 0 Å². The van der Waals surface area contributed by atoms with Gasteiger partial charge < -0.3 is 15.3 Å². The SMILES string of the molecule is C[C@@H](Oc1ccc(Br)cc1)C(=O)O/N=C(/N)c1ccc(Cl)cc1. The molecule has 7 heteroatoms. The topological polar surface area (TPSA) is 73.9 Å². The van der Waals surface area contributed by atoms with E-state index in [4.69, 9.17) is 26.9 Å². The average molecular weight is 398 g/mol. The first-order valence-electron chi connectivity index (χ1n) is 6.68. The summed E-state index contributed by atoms with van der Waals surface area (Å²) in [5.41, 5.74) is 6.35. The molecule has 0 amide bonds. The quantitative estimate of drug-likeness (QED) is 0.361. The molecule has 2 aromatic carbocycles. The monoisotopic (exact) mass is 396 g/mol. The molecule has 2 N–H and O–H groups in total. The molecule has 0 bridgehead atoms. The number of hydrogen-bond acceptors (Lipinski definition) is 4. The Hall–Kier alpha value is -2.05. The number of hydrogen-bond donors (Lipinski definition) is 1. The van der Waals surface area contributed by atoms with Crippen LogP contribution in [0.2, 0.25) is 5.02 Å². The zero-order valence-corrected chi connectivity index (χ0v) is 14.5. The summed E-state index contributed by atoms with van der Waals surface area (Å²) >= 11 is 9.11. The van der Waals surface area contributed by atoms with Gasteiger partial charge >= 0.3 is 5.97 Å². The predicted molar refractivity (Wildman–Crippen MR) is 92.5 cm³/mol. The number of nitrogens with zero attached hydrogens (tertiary/aromatic N) is 1. The molecule has 0 heterocycles. The summed E-state index contributed by atoms with van der Waals surface area (Å²) in [4.78, 5) is 16.7. The fourth-order valence-corrected chi connectivity index (χ4v) is 2.00. The normalized spacial score (nSPS) is 12.6. The summed E-state index contributed by atoms with van der Waals surface area (Å²) in [6, 6.07) is 13.8. The van der Waals surface area contributed by atoms with Crippen molar-refractivity contribution in [1.29, 1.82) is 0 Å². The number of nitrogens with two attached hydrogens (primary N) is 1. The first-order valence-corrected chi connectivity index (χ1v) is 7.85. The molecule has 23 heavy (non-hydrogen) atoms. The van der Waals surface area contributed by atoms with Crippen LogP contribution in [0.25, 0.3) is 0 Å². The number of amidine groups is 1. The van der Waals surface area contributed by atoms with Gasteiger partial charge in [0.1, 0.15) is 5.75 Å². The predicted octanol–water partition coefficient (Wildman–Crippen LogP) is 3.73. The second kappa shape index (κ2) is 7.99. The Morgan fingerprint density at radius 3 is 2.39 bits per heavy atom. The van der Waals surface area contributed by atoms with Crippen molar-refractivity contribution in [1.82, 2.24) is 0 Å². The molecule has 0 aliphatic rings. The summed E-state index contributed by atoms with van der Waals surface area (Å²) in [6.07, 6.45) is -0.821. The molecule has 0 saturated heterocycles. The molecule has 0 aliphatic heterocycles. The highest BCUT2D eigenvalue weighted by molar-refractivity contribution is 9.10. The van der Waals surface area contributed by atoms with Crippen LogP contribution in [0.15, 0.2) is 58.2 Å². The summed E-state index contributed by atoms with van der Waals surface area (Å²) in [5, 5.41) is 4.19. The fraction of sp³-hybridized carbons (Fsp3) is 0.125. The van der Waals surface area contributed by atoms with Crippen LogP contribution in [-0.4, -0.2) is 17.9 Å². The summed E-state index contributed by atoms with van der Waals surface area (Å²) in [6.45, 7) is 1.57. The molecule has 2 rings (SSSR count). The van der Waals surface area contributed by atoms with E-state index in [1.165, 1.54) is 0 Å². The third-order valence-electron chi connectivity index (χ3n) is 2.83. The van der Waals surface area contributed by atoms with Gasteiger partial charge in [0.2, 0.25) is 0 Å². The van der Waals surface area contributed by atoms with E-state index in [-0.39, 0.29) is 5.84 Å². The maximum absolute atomic E-state index is 11.9. The van der Waals surface area contributed by atoms with Crippen molar-refractivity contribution in [2.75, 3.05) is 0 Å². The molecule has 120 valence electrons. The maximum atomic E-state index is 11.9. The van der Waals surface area contributed by atoms with Gasteiger partial charge in [-0.2, -0.15) is 0 Å². The number of benzene rings is 2. The second-order valence-electron chi connectivity index (χ2n) is 4.61. The van der Waals surface area contributed by atoms with Gasteiger partial charge in [-0.05, 0) is 55.5 Å².